The van der Waals surface area contributed by atoms with Crippen LogP contribution < -0.4 is 0 Å². The molecule has 17 heavy (non-hydrogen) atoms. The van der Waals surface area contributed by atoms with E-state index < -0.39 is 0 Å². The molecule has 0 unspecified atom stereocenters. The van der Waals surface area contributed by atoms with Crippen LogP contribution >= 0.6 is 0 Å². The van der Waals surface area contributed by atoms with E-state index in [-0.39, 0.29) is 11.8 Å². The number of hydrogen-bond donors (Lipinski definition) is 0. The maximum absolute atomic E-state index is 11.9. The third-order valence-electron chi connectivity index (χ3n) is 2.98. The third kappa shape index (κ3) is 2.87. The fraction of sp³-hybridized carbons (Fsp3) is 0.500. The van der Waals surface area contributed by atoms with Crippen LogP contribution in [0.3, 0.4) is 0 Å². The average Bonchev–Trinajstić information content (AvgIpc) is 2.82. The van der Waals surface area contributed by atoms with E-state index in [4.69, 9.17) is 4.42 Å². The van der Waals surface area contributed by atoms with Gasteiger partial charge in [-0.05, 0) is 12.1 Å². The minimum Gasteiger partial charge on any atom is -0.469 e. The van der Waals surface area contributed by atoms with Crippen molar-refractivity contribution in [1.82, 2.24) is 9.80 Å². The average molecular weight is 236 g/mol. The molecule has 1 aromatic heterocycles. The van der Waals surface area contributed by atoms with Crippen molar-refractivity contribution < 1.29 is 14.0 Å². The molecule has 1 aromatic rings. The van der Waals surface area contributed by atoms with Crippen molar-refractivity contribution in [3.63, 3.8) is 0 Å². The SMILES string of the molecule is CC(=O)N1CCN(C(=O)Cc2ccco2)CC1. The number of amides is 2. The highest BCUT2D eigenvalue weighted by Gasteiger charge is 2.22. The molecule has 1 aliphatic heterocycles. The van der Waals surface area contributed by atoms with Crippen LogP contribution in [-0.2, 0) is 16.0 Å². The molecule has 0 radical (unpaired) electrons. The molecular formula is C12H16N2O3. The maximum atomic E-state index is 11.9. The Balaban J connectivity index is 1.84. The zero-order valence-electron chi connectivity index (χ0n) is 9.89. The van der Waals surface area contributed by atoms with Crippen molar-refractivity contribution >= 4 is 11.8 Å². The summed E-state index contributed by atoms with van der Waals surface area (Å²) < 4.78 is 5.14. The first-order chi connectivity index (χ1) is 8.16. The Kier molecular flexibility index (Phi) is 3.46. The van der Waals surface area contributed by atoms with E-state index in [9.17, 15) is 9.59 Å². The molecule has 1 fully saturated rings. The number of carbonyl (C=O) groups excluding carboxylic acids is 2. The molecule has 1 aliphatic rings. The Morgan fingerprint density at radius 3 is 2.41 bits per heavy atom. The monoisotopic (exact) mass is 236 g/mol. The minimum atomic E-state index is 0.0585. The Labute approximate surface area is 100.0 Å². The second kappa shape index (κ2) is 5.03. The maximum Gasteiger partial charge on any atom is 0.230 e. The quantitative estimate of drug-likeness (QED) is 0.752. The van der Waals surface area contributed by atoms with Crippen molar-refractivity contribution in [2.24, 2.45) is 0 Å². The summed E-state index contributed by atoms with van der Waals surface area (Å²) in [6.07, 6.45) is 1.86. The van der Waals surface area contributed by atoms with Crippen LogP contribution in [0.4, 0.5) is 0 Å². The van der Waals surface area contributed by atoms with Crippen LogP contribution in [0.15, 0.2) is 22.8 Å². The van der Waals surface area contributed by atoms with Gasteiger partial charge in [0.15, 0.2) is 0 Å². The Morgan fingerprint density at radius 1 is 1.24 bits per heavy atom. The van der Waals surface area contributed by atoms with Gasteiger partial charge in [0.25, 0.3) is 0 Å². The molecule has 0 N–H and O–H groups in total. The summed E-state index contributed by atoms with van der Waals surface area (Å²) in [5, 5.41) is 0. The lowest BCUT2D eigenvalue weighted by atomic mass is 10.2. The fourth-order valence-electron chi connectivity index (χ4n) is 1.94. The highest BCUT2D eigenvalue weighted by atomic mass is 16.3. The Morgan fingerprint density at radius 2 is 1.88 bits per heavy atom. The van der Waals surface area contributed by atoms with Gasteiger partial charge in [0.1, 0.15) is 5.76 Å². The highest BCUT2D eigenvalue weighted by Crippen LogP contribution is 2.07. The van der Waals surface area contributed by atoms with E-state index in [1.807, 2.05) is 0 Å². The number of furan rings is 1. The van der Waals surface area contributed by atoms with Gasteiger partial charge in [0.2, 0.25) is 11.8 Å². The molecule has 1 saturated heterocycles. The lowest BCUT2D eigenvalue weighted by Gasteiger charge is -2.34. The largest absolute Gasteiger partial charge is 0.469 e. The van der Waals surface area contributed by atoms with Crippen molar-refractivity contribution in [3.05, 3.63) is 24.2 Å². The number of carbonyl (C=O) groups is 2. The van der Waals surface area contributed by atoms with Crippen LogP contribution in [0.25, 0.3) is 0 Å². The van der Waals surface area contributed by atoms with Crippen LogP contribution in [0.1, 0.15) is 12.7 Å². The van der Waals surface area contributed by atoms with Gasteiger partial charge < -0.3 is 14.2 Å². The highest BCUT2D eigenvalue weighted by molar-refractivity contribution is 5.79. The number of hydrogen-bond acceptors (Lipinski definition) is 3. The first kappa shape index (κ1) is 11.7. The summed E-state index contributed by atoms with van der Waals surface area (Å²) in [4.78, 5) is 26.6. The number of piperazine rings is 1. The molecular weight excluding hydrogens is 220 g/mol. The van der Waals surface area contributed by atoms with Crippen LogP contribution in [-0.4, -0.2) is 47.8 Å². The lowest BCUT2D eigenvalue weighted by Crippen LogP contribution is -2.50. The summed E-state index contributed by atoms with van der Waals surface area (Å²) >= 11 is 0. The Bertz CT molecular complexity index is 392. The minimum absolute atomic E-state index is 0.0585. The number of rotatable bonds is 2. The van der Waals surface area contributed by atoms with Gasteiger partial charge in [-0.1, -0.05) is 0 Å². The van der Waals surface area contributed by atoms with Gasteiger partial charge in [0, 0.05) is 33.1 Å². The zero-order valence-corrected chi connectivity index (χ0v) is 9.89. The summed E-state index contributed by atoms with van der Waals surface area (Å²) in [5.41, 5.74) is 0. The van der Waals surface area contributed by atoms with Gasteiger partial charge in [-0.3, -0.25) is 9.59 Å². The van der Waals surface area contributed by atoms with Crippen LogP contribution in [0.5, 0.6) is 0 Å². The topological polar surface area (TPSA) is 53.8 Å². The van der Waals surface area contributed by atoms with E-state index in [1.165, 1.54) is 0 Å². The molecule has 2 rings (SSSR count). The van der Waals surface area contributed by atoms with Gasteiger partial charge in [0.05, 0.1) is 12.7 Å². The van der Waals surface area contributed by atoms with E-state index in [2.05, 4.69) is 0 Å². The normalized spacial score (nSPS) is 16.1. The molecule has 2 amide bonds. The van der Waals surface area contributed by atoms with Crippen LogP contribution in [0.2, 0.25) is 0 Å². The van der Waals surface area contributed by atoms with E-state index in [0.29, 0.717) is 38.4 Å². The van der Waals surface area contributed by atoms with Gasteiger partial charge in [-0.15, -0.1) is 0 Å². The van der Waals surface area contributed by atoms with Crippen molar-refractivity contribution in [1.29, 1.82) is 0 Å². The molecule has 5 nitrogen and oxygen atoms in total. The second-order valence-corrected chi connectivity index (χ2v) is 4.14. The summed E-state index contributed by atoms with van der Waals surface area (Å²) in [7, 11) is 0. The molecule has 0 aromatic carbocycles. The summed E-state index contributed by atoms with van der Waals surface area (Å²) in [5.74, 6) is 0.815. The van der Waals surface area contributed by atoms with Crippen molar-refractivity contribution in [2.45, 2.75) is 13.3 Å². The smallest absolute Gasteiger partial charge is 0.230 e. The van der Waals surface area contributed by atoms with Crippen LogP contribution in [0, 0.1) is 0 Å². The fourth-order valence-corrected chi connectivity index (χ4v) is 1.94. The lowest BCUT2D eigenvalue weighted by molar-refractivity contribution is -0.138. The molecule has 92 valence electrons. The summed E-state index contributed by atoms with van der Waals surface area (Å²) in [6.45, 7) is 4.02. The predicted octanol–water partition coefficient (Wildman–Crippen LogP) is 0.513. The molecule has 0 bridgehead atoms. The zero-order chi connectivity index (χ0) is 12.3. The Hall–Kier alpha value is -1.78. The molecule has 2 heterocycles. The van der Waals surface area contributed by atoms with Crippen molar-refractivity contribution in [2.75, 3.05) is 26.2 Å². The predicted molar refractivity (Wildman–Crippen MR) is 61.2 cm³/mol. The molecule has 5 heteroatoms. The molecule has 0 spiro atoms. The first-order valence-corrected chi connectivity index (χ1v) is 5.72. The molecule has 0 atom stereocenters. The van der Waals surface area contributed by atoms with Gasteiger partial charge in [-0.2, -0.15) is 0 Å². The number of nitrogens with zero attached hydrogens (tertiary/aromatic N) is 2. The molecule has 0 saturated carbocycles. The van der Waals surface area contributed by atoms with Gasteiger partial charge >= 0.3 is 0 Å². The van der Waals surface area contributed by atoms with Gasteiger partial charge in [-0.25, -0.2) is 0 Å². The third-order valence-corrected chi connectivity index (χ3v) is 2.98. The van der Waals surface area contributed by atoms with E-state index in [0.717, 1.165) is 0 Å². The van der Waals surface area contributed by atoms with Crippen molar-refractivity contribution in [3.8, 4) is 0 Å². The second-order valence-electron chi connectivity index (χ2n) is 4.14. The summed E-state index contributed by atoms with van der Waals surface area (Å²) in [6, 6.07) is 3.57. The first-order valence-electron chi connectivity index (χ1n) is 5.72. The molecule has 0 aliphatic carbocycles. The van der Waals surface area contributed by atoms with E-state index >= 15 is 0 Å². The van der Waals surface area contributed by atoms with E-state index in [1.54, 1.807) is 35.1 Å². The standard InChI is InChI=1S/C12H16N2O3/c1-10(15)13-4-6-14(7-5-13)12(16)9-11-3-2-8-17-11/h2-3,8H,4-7,9H2,1H3.